The summed E-state index contributed by atoms with van der Waals surface area (Å²) in [5.74, 6) is 0. The van der Waals surface area contributed by atoms with Crippen molar-refractivity contribution in [1.82, 2.24) is 5.32 Å². The maximum atomic E-state index is 11.8. The first-order chi connectivity index (χ1) is 12.8. The van der Waals surface area contributed by atoms with Crippen LogP contribution in [0.5, 0.6) is 0 Å². The summed E-state index contributed by atoms with van der Waals surface area (Å²) in [5, 5.41) is 2.74. The number of alkyl carbamates (subject to hydrolysis) is 1. The standard InChI is InChI=1S/C21H26BNO4/c1-20(2)21(3,4)27-22(26-20)18-12-10-17(11-13-18)15-25-19(24)23-14-16-8-6-5-7-9-16/h5-13H,14-15H2,1-4H3,(H,23,24). The third kappa shape index (κ3) is 4.70. The molecule has 2 aromatic carbocycles. The Balaban J connectivity index is 1.49. The molecule has 27 heavy (non-hydrogen) atoms. The summed E-state index contributed by atoms with van der Waals surface area (Å²) in [7, 11) is -0.390. The van der Waals surface area contributed by atoms with Crippen molar-refractivity contribution in [1.29, 1.82) is 0 Å². The number of nitrogens with one attached hydrogen (secondary N) is 1. The van der Waals surface area contributed by atoms with Crippen LogP contribution in [0.25, 0.3) is 0 Å². The van der Waals surface area contributed by atoms with Crippen molar-refractivity contribution < 1.29 is 18.8 Å². The second-order valence-corrected chi connectivity index (χ2v) is 7.75. The third-order valence-electron chi connectivity index (χ3n) is 5.15. The molecule has 0 aliphatic carbocycles. The molecule has 0 saturated carbocycles. The minimum atomic E-state index is -0.436. The number of benzene rings is 2. The molecule has 1 heterocycles. The molecule has 2 aromatic rings. The Morgan fingerprint density at radius 2 is 1.52 bits per heavy atom. The van der Waals surface area contributed by atoms with Gasteiger partial charge in [0, 0.05) is 6.54 Å². The zero-order chi connectivity index (χ0) is 19.5. The molecule has 142 valence electrons. The highest BCUT2D eigenvalue weighted by atomic mass is 16.7. The van der Waals surface area contributed by atoms with E-state index in [4.69, 9.17) is 14.0 Å². The maximum Gasteiger partial charge on any atom is 0.494 e. The summed E-state index contributed by atoms with van der Waals surface area (Å²) in [6, 6.07) is 17.5. The molecular formula is C21H26BNO4. The van der Waals surface area contributed by atoms with Gasteiger partial charge in [0.2, 0.25) is 0 Å². The molecule has 1 fully saturated rings. The van der Waals surface area contributed by atoms with Gasteiger partial charge in [-0.3, -0.25) is 0 Å². The van der Waals surface area contributed by atoms with Crippen LogP contribution in [0.2, 0.25) is 0 Å². The number of hydrogen-bond acceptors (Lipinski definition) is 4. The lowest BCUT2D eigenvalue weighted by Crippen LogP contribution is -2.41. The molecule has 0 radical (unpaired) electrons. The third-order valence-corrected chi connectivity index (χ3v) is 5.15. The fourth-order valence-electron chi connectivity index (χ4n) is 2.72. The Morgan fingerprint density at radius 1 is 0.926 bits per heavy atom. The lowest BCUT2D eigenvalue weighted by atomic mass is 9.79. The molecule has 0 aromatic heterocycles. The summed E-state index contributed by atoms with van der Waals surface area (Å²) in [6.07, 6.45) is -0.436. The maximum absolute atomic E-state index is 11.8. The first-order valence-corrected chi connectivity index (χ1v) is 9.16. The van der Waals surface area contributed by atoms with Gasteiger partial charge in [-0.1, -0.05) is 54.6 Å². The Bertz CT molecular complexity index is 759. The number of hydrogen-bond donors (Lipinski definition) is 1. The smallest absolute Gasteiger partial charge is 0.445 e. The second-order valence-electron chi connectivity index (χ2n) is 7.75. The van der Waals surface area contributed by atoms with Crippen molar-refractivity contribution in [2.45, 2.75) is 52.0 Å². The number of carbonyl (C=O) groups is 1. The first kappa shape index (κ1) is 19.5. The van der Waals surface area contributed by atoms with Crippen LogP contribution in [0, 0.1) is 0 Å². The minimum Gasteiger partial charge on any atom is -0.445 e. The van der Waals surface area contributed by atoms with Gasteiger partial charge in [-0.15, -0.1) is 0 Å². The van der Waals surface area contributed by atoms with E-state index in [0.29, 0.717) is 6.54 Å². The zero-order valence-corrected chi connectivity index (χ0v) is 16.3. The average molecular weight is 367 g/mol. The molecule has 0 unspecified atom stereocenters. The van der Waals surface area contributed by atoms with Crippen LogP contribution in [-0.2, 0) is 27.2 Å². The van der Waals surface area contributed by atoms with E-state index < -0.39 is 6.09 Å². The van der Waals surface area contributed by atoms with Crippen LogP contribution in [0.15, 0.2) is 54.6 Å². The lowest BCUT2D eigenvalue weighted by molar-refractivity contribution is 0.00578. The van der Waals surface area contributed by atoms with E-state index in [-0.39, 0.29) is 24.9 Å². The minimum absolute atomic E-state index is 0.213. The van der Waals surface area contributed by atoms with Crippen molar-refractivity contribution in [2.24, 2.45) is 0 Å². The highest BCUT2D eigenvalue weighted by molar-refractivity contribution is 6.62. The molecule has 0 spiro atoms. The zero-order valence-electron chi connectivity index (χ0n) is 16.3. The lowest BCUT2D eigenvalue weighted by Gasteiger charge is -2.32. The van der Waals surface area contributed by atoms with E-state index in [1.807, 2.05) is 82.3 Å². The Hall–Kier alpha value is -2.31. The van der Waals surface area contributed by atoms with Crippen LogP contribution < -0.4 is 10.8 Å². The van der Waals surface area contributed by atoms with E-state index in [0.717, 1.165) is 16.6 Å². The van der Waals surface area contributed by atoms with Crippen molar-refractivity contribution in [3.8, 4) is 0 Å². The number of amides is 1. The molecule has 1 amide bonds. The summed E-state index contributed by atoms with van der Waals surface area (Å²) >= 11 is 0. The van der Waals surface area contributed by atoms with Gasteiger partial charge in [-0.25, -0.2) is 4.79 Å². The van der Waals surface area contributed by atoms with Crippen LogP contribution >= 0.6 is 0 Å². The molecule has 5 nitrogen and oxygen atoms in total. The molecular weight excluding hydrogens is 341 g/mol. The quantitative estimate of drug-likeness (QED) is 0.823. The van der Waals surface area contributed by atoms with Gasteiger partial charge < -0.3 is 19.4 Å². The van der Waals surface area contributed by atoms with Crippen LogP contribution in [0.4, 0.5) is 4.79 Å². The van der Waals surface area contributed by atoms with Crippen LogP contribution in [0.1, 0.15) is 38.8 Å². The van der Waals surface area contributed by atoms with Gasteiger partial charge >= 0.3 is 13.2 Å². The van der Waals surface area contributed by atoms with Crippen LogP contribution in [-0.4, -0.2) is 24.4 Å². The summed E-state index contributed by atoms with van der Waals surface area (Å²) in [6.45, 7) is 8.78. The van der Waals surface area contributed by atoms with Gasteiger partial charge in [0.25, 0.3) is 0 Å². The first-order valence-electron chi connectivity index (χ1n) is 9.16. The van der Waals surface area contributed by atoms with Crippen molar-refractivity contribution in [3.63, 3.8) is 0 Å². The highest BCUT2D eigenvalue weighted by Gasteiger charge is 2.51. The predicted molar refractivity (Wildman–Crippen MR) is 106 cm³/mol. The predicted octanol–water partition coefficient (Wildman–Crippen LogP) is 3.41. The van der Waals surface area contributed by atoms with Gasteiger partial charge in [-0.2, -0.15) is 0 Å². The van der Waals surface area contributed by atoms with E-state index in [1.165, 1.54) is 0 Å². The monoisotopic (exact) mass is 367 g/mol. The summed E-state index contributed by atoms with van der Waals surface area (Å²) in [4.78, 5) is 11.8. The van der Waals surface area contributed by atoms with Gasteiger partial charge in [-0.05, 0) is 44.3 Å². The number of ether oxygens (including phenoxy) is 1. The largest absolute Gasteiger partial charge is 0.494 e. The van der Waals surface area contributed by atoms with E-state index in [1.54, 1.807) is 0 Å². The molecule has 1 aliphatic heterocycles. The van der Waals surface area contributed by atoms with Crippen molar-refractivity contribution >= 4 is 18.7 Å². The second kappa shape index (κ2) is 7.75. The van der Waals surface area contributed by atoms with Gasteiger partial charge in [0.15, 0.2) is 0 Å². The van der Waals surface area contributed by atoms with Crippen LogP contribution in [0.3, 0.4) is 0 Å². The highest BCUT2D eigenvalue weighted by Crippen LogP contribution is 2.36. The number of carbonyl (C=O) groups excluding carboxylic acids is 1. The van der Waals surface area contributed by atoms with Gasteiger partial charge in [0.1, 0.15) is 6.61 Å². The summed E-state index contributed by atoms with van der Waals surface area (Å²) in [5.41, 5.74) is 2.16. The van der Waals surface area contributed by atoms with Crippen molar-refractivity contribution in [2.75, 3.05) is 0 Å². The Kier molecular flexibility index (Phi) is 5.58. The van der Waals surface area contributed by atoms with Gasteiger partial charge in [0.05, 0.1) is 11.2 Å². The Labute approximate surface area is 161 Å². The van der Waals surface area contributed by atoms with E-state index in [2.05, 4.69) is 5.32 Å². The molecule has 0 atom stereocenters. The fraction of sp³-hybridized carbons (Fsp3) is 0.381. The SMILES string of the molecule is CC1(C)OB(c2ccc(COC(=O)NCc3ccccc3)cc2)OC1(C)C. The molecule has 0 bridgehead atoms. The fourth-order valence-corrected chi connectivity index (χ4v) is 2.72. The molecule has 6 heteroatoms. The number of rotatable bonds is 5. The van der Waals surface area contributed by atoms with E-state index in [9.17, 15) is 4.79 Å². The average Bonchev–Trinajstić information content (AvgIpc) is 2.87. The molecule has 1 N–H and O–H groups in total. The molecule has 1 aliphatic rings. The summed E-state index contributed by atoms with van der Waals surface area (Å²) < 4.78 is 17.4. The normalized spacial score (nSPS) is 17.6. The van der Waals surface area contributed by atoms with E-state index >= 15 is 0 Å². The van der Waals surface area contributed by atoms with Crippen molar-refractivity contribution in [3.05, 3.63) is 65.7 Å². The molecule has 1 saturated heterocycles. The molecule has 3 rings (SSSR count). The topological polar surface area (TPSA) is 56.8 Å². The Morgan fingerprint density at radius 3 is 2.11 bits per heavy atom.